The Morgan fingerprint density at radius 1 is 1.16 bits per heavy atom. The molecule has 1 aromatic carbocycles. The highest BCUT2D eigenvalue weighted by molar-refractivity contribution is 6.43. The molecule has 2 saturated carbocycles. The van der Waals surface area contributed by atoms with Crippen molar-refractivity contribution in [3.63, 3.8) is 0 Å². The number of hydrogen-bond acceptors (Lipinski definition) is 5. The van der Waals surface area contributed by atoms with Crippen molar-refractivity contribution in [2.45, 2.75) is 57.0 Å². The first kappa shape index (κ1) is 25.0. The Bertz CT molecular complexity index is 1370. The van der Waals surface area contributed by atoms with Crippen LogP contribution in [-0.2, 0) is 11.2 Å². The smallest absolute Gasteiger partial charge is 0.294 e. The van der Waals surface area contributed by atoms with Crippen LogP contribution in [0.1, 0.15) is 64.3 Å². The van der Waals surface area contributed by atoms with Crippen LogP contribution < -0.4 is 21.9 Å². The van der Waals surface area contributed by atoms with Crippen molar-refractivity contribution >= 4 is 23.3 Å². The summed E-state index contributed by atoms with van der Waals surface area (Å²) < 4.78 is 56.3. The maximum absolute atomic E-state index is 13.8. The van der Waals surface area contributed by atoms with E-state index >= 15 is 0 Å². The lowest BCUT2D eigenvalue weighted by Crippen LogP contribution is -2.66. The molecule has 2 amide bonds. The van der Waals surface area contributed by atoms with Crippen LogP contribution in [0.4, 0.5) is 23.2 Å². The summed E-state index contributed by atoms with van der Waals surface area (Å²) in [5, 5.41) is 4.97. The Hall–Kier alpha value is -3.67. The molecule has 37 heavy (non-hydrogen) atoms. The molecule has 1 aliphatic heterocycles. The molecule has 0 bridgehead atoms. The molecule has 0 saturated heterocycles. The van der Waals surface area contributed by atoms with E-state index in [9.17, 15) is 31.9 Å². The molecule has 2 atom stereocenters. The summed E-state index contributed by atoms with van der Waals surface area (Å²) in [5.41, 5.74) is 1.99. The monoisotopic (exact) mass is 519 g/mol. The van der Waals surface area contributed by atoms with Crippen LogP contribution >= 0.6 is 0 Å². The lowest BCUT2D eigenvalue weighted by Gasteiger charge is -2.48. The van der Waals surface area contributed by atoms with E-state index in [4.69, 9.17) is 5.84 Å². The first-order valence-corrected chi connectivity index (χ1v) is 11.8. The second kappa shape index (κ2) is 8.44. The summed E-state index contributed by atoms with van der Waals surface area (Å²) in [6, 6.07) is 2.88. The molecule has 2 fully saturated rings. The summed E-state index contributed by atoms with van der Waals surface area (Å²) >= 11 is 0. The number of aromatic nitrogens is 1. The van der Waals surface area contributed by atoms with Crippen LogP contribution in [0.5, 0.6) is 0 Å². The molecule has 5 rings (SSSR count). The fourth-order valence-electron chi connectivity index (χ4n) is 5.76. The van der Waals surface area contributed by atoms with Crippen LogP contribution in [0, 0.1) is 24.5 Å². The Labute approximate surface area is 209 Å². The number of allylic oxidation sites excluding steroid dienone is 1. The zero-order valence-corrected chi connectivity index (χ0v) is 20.1. The standard InChI is InChI=1S/C25H25F4N5O3/c1-3-18(33-30)24(9-25(28,29)10-24)32-23(37)21(35)20-11(2)19(17-7-12-6-16(12)34(17)20)22(36)31-13-4-5-14(26)15(27)8-13/h3-5,8,12,16,33H,6-7,9-10,30H2,1-2H3,(H,31,36)(H,32,37)/b18-3-. The van der Waals surface area contributed by atoms with Gasteiger partial charge in [-0.25, -0.2) is 17.6 Å². The Morgan fingerprint density at radius 2 is 1.86 bits per heavy atom. The topological polar surface area (TPSA) is 118 Å². The molecule has 8 nitrogen and oxygen atoms in total. The number of alkyl halides is 2. The Morgan fingerprint density at radius 3 is 2.46 bits per heavy atom. The minimum absolute atomic E-state index is 0.0110. The summed E-state index contributed by atoms with van der Waals surface area (Å²) in [6.45, 7) is 3.09. The molecule has 0 spiro atoms. The van der Waals surface area contributed by atoms with Crippen LogP contribution in [0.3, 0.4) is 0 Å². The van der Waals surface area contributed by atoms with Crippen molar-refractivity contribution in [1.29, 1.82) is 0 Å². The van der Waals surface area contributed by atoms with Gasteiger partial charge >= 0.3 is 0 Å². The predicted octanol–water partition coefficient (Wildman–Crippen LogP) is 3.28. The number of benzene rings is 1. The number of halogens is 4. The zero-order valence-electron chi connectivity index (χ0n) is 20.1. The fourth-order valence-corrected chi connectivity index (χ4v) is 5.76. The minimum Gasteiger partial charge on any atom is -0.338 e. The number of amides is 2. The van der Waals surface area contributed by atoms with E-state index < -0.39 is 53.5 Å². The Balaban J connectivity index is 1.46. The normalized spacial score (nSPS) is 22.4. The average molecular weight is 519 g/mol. The molecule has 2 aliphatic carbocycles. The highest BCUT2D eigenvalue weighted by atomic mass is 19.3. The summed E-state index contributed by atoms with van der Waals surface area (Å²) in [7, 11) is 0. The molecule has 12 heteroatoms. The van der Waals surface area contributed by atoms with Crippen molar-refractivity contribution in [3.8, 4) is 0 Å². The number of rotatable bonds is 7. The molecular formula is C25H25F4N5O3. The van der Waals surface area contributed by atoms with Gasteiger partial charge in [-0.2, -0.15) is 0 Å². The van der Waals surface area contributed by atoms with Crippen molar-refractivity contribution in [1.82, 2.24) is 15.3 Å². The lowest BCUT2D eigenvalue weighted by molar-refractivity contribution is -0.138. The van der Waals surface area contributed by atoms with Gasteiger partial charge in [-0.15, -0.1) is 0 Å². The highest BCUT2D eigenvalue weighted by Gasteiger charge is 2.60. The molecular weight excluding hydrogens is 494 g/mol. The average Bonchev–Trinajstić information content (AvgIpc) is 3.38. The van der Waals surface area contributed by atoms with Crippen LogP contribution in [0.15, 0.2) is 30.0 Å². The molecule has 2 unspecified atom stereocenters. The number of nitrogens with zero attached hydrogens (tertiary/aromatic N) is 1. The van der Waals surface area contributed by atoms with Gasteiger partial charge in [0.25, 0.3) is 23.5 Å². The van der Waals surface area contributed by atoms with Gasteiger partial charge in [-0.1, -0.05) is 6.08 Å². The van der Waals surface area contributed by atoms with Gasteiger partial charge in [-0.3, -0.25) is 20.2 Å². The Kier molecular flexibility index (Phi) is 5.70. The number of anilines is 1. The minimum atomic E-state index is -3.03. The fraction of sp³-hybridized carbons (Fsp3) is 0.400. The molecule has 2 heterocycles. The first-order valence-electron chi connectivity index (χ1n) is 11.8. The third-order valence-electron chi connectivity index (χ3n) is 7.48. The molecule has 5 N–H and O–H groups in total. The van der Waals surface area contributed by atoms with E-state index in [2.05, 4.69) is 16.1 Å². The highest BCUT2D eigenvalue weighted by Crippen LogP contribution is 2.54. The van der Waals surface area contributed by atoms with Crippen molar-refractivity contribution in [2.24, 2.45) is 11.8 Å². The van der Waals surface area contributed by atoms with E-state index in [1.165, 1.54) is 19.1 Å². The lowest BCUT2D eigenvalue weighted by atomic mass is 9.70. The summed E-state index contributed by atoms with van der Waals surface area (Å²) in [6.07, 6.45) is 1.30. The van der Waals surface area contributed by atoms with Crippen LogP contribution in [-0.4, -0.2) is 33.6 Å². The van der Waals surface area contributed by atoms with E-state index in [0.29, 0.717) is 12.1 Å². The zero-order chi connectivity index (χ0) is 26.9. The quantitative estimate of drug-likeness (QED) is 0.147. The van der Waals surface area contributed by atoms with Crippen LogP contribution in [0.25, 0.3) is 0 Å². The van der Waals surface area contributed by atoms with Gasteiger partial charge in [0.2, 0.25) is 0 Å². The molecule has 196 valence electrons. The number of nitrogens with two attached hydrogens (primary N) is 1. The van der Waals surface area contributed by atoms with Gasteiger partial charge in [0.15, 0.2) is 11.6 Å². The summed E-state index contributed by atoms with van der Waals surface area (Å²) in [5.74, 6) is -2.21. The SMILES string of the molecule is C/C=C(\NN)C1(NC(=O)C(=O)c2c(C)c(C(=O)Nc3ccc(F)c(F)c3)c3n2C2CC2C3)CC(F)(F)C1. The second-order valence-corrected chi connectivity index (χ2v) is 9.94. The number of carbonyl (C=O) groups is 3. The van der Waals surface area contributed by atoms with Crippen molar-refractivity contribution in [3.05, 3.63) is 64.1 Å². The molecule has 1 aromatic heterocycles. The van der Waals surface area contributed by atoms with Crippen molar-refractivity contribution < 1.29 is 31.9 Å². The van der Waals surface area contributed by atoms with Gasteiger partial charge in [0.1, 0.15) is 0 Å². The van der Waals surface area contributed by atoms with Crippen LogP contribution in [0.2, 0.25) is 0 Å². The summed E-state index contributed by atoms with van der Waals surface area (Å²) in [4.78, 5) is 39.7. The van der Waals surface area contributed by atoms with E-state index in [1.54, 1.807) is 11.5 Å². The molecule has 3 aliphatic rings. The van der Waals surface area contributed by atoms with Gasteiger partial charge < -0.3 is 20.6 Å². The predicted molar refractivity (Wildman–Crippen MR) is 125 cm³/mol. The number of fused-ring (bicyclic) bond motifs is 3. The third kappa shape index (κ3) is 3.99. The second-order valence-electron chi connectivity index (χ2n) is 9.94. The van der Waals surface area contributed by atoms with Crippen molar-refractivity contribution in [2.75, 3.05) is 5.32 Å². The van der Waals surface area contributed by atoms with E-state index in [1.807, 2.05) is 0 Å². The van der Waals surface area contributed by atoms with E-state index in [0.717, 1.165) is 18.6 Å². The van der Waals surface area contributed by atoms with Gasteiger partial charge in [0, 0.05) is 42.0 Å². The number of ketones is 1. The third-order valence-corrected chi connectivity index (χ3v) is 7.48. The number of Topliss-reactive ketones (excluding diaryl/α,β-unsaturated/α-hetero) is 1. The van der Waals surface area contributed by atoms with Gasteiger partial charge in [0.05, 0.1) is 16.8 Å². The first-order chi connectivity index (χ1) is 17.4. The largest absolute Gasteiger partial charge is 0.338 e. The number of nitrogens with one attached hydrogen (secondary N) is 3. The molecule has 0 radical (unpaired) electrons. The van der Waals surface area contributed by atoms with Gasteiger partial charge in [-0.05, 0) is 50.3 Å². The maximum atomic E-state index is 13.8. The van der Waals surface area contributed by atoms with E-state index in [-0.39, 0.29) is 40.2 Å². The number of hydrogen-bond donors (Lipinski definition) is 4. The molecule has 2 aromatic rings. The number of carbonyl (C=O) groups excluding carboxylic acids is 3. The maximum Gasteiger partial charge on any atom is 0.294 e. The number of hydrazine groups is 1.